The monoisotopic (exact) mass is 232 g/mol. The Morgan fingerprint density at radius 1 is 1.50 bits per heavy atom. The molecule has 0 fully saturated rings. The fourth-order valence-electron chi connectivity index (χ4n) is 0.459. The van der Waals surface area contributed by atoms with Crippen LogP contribution < -0.4 is 0 Å². The Hall–Kier alpha value is 1.34. The third-order valence-electron chi connectivity index (χ3n) is 0.962. The van der Waals surface area contributed by atoms with Crippen LogP contribution >= 0.6 is 22.2 Å². The summed E-state index contributed by atoms with van der Waals surface area (Å²) in [5.41, 5.74) is 0. The topological polar surface area (TPSA) is 0 Å². The van der Waals surface area contributed by atoms with Crippen molar-refractivity contribution < 1.29 is 0 Å². The van der Waals surface area contributed by atoms with Gasteiger partial charge in [-0.05, 0) is 0 Å². The maximum absolute atomic E-state index is 5.71. The molecule has 0 aliphatic heterocycles. The quantitative estimate of drug-likeness (QED) is 0.509. The normalized spacial score (nSPS) is 12.8. The summed E-state index contributed by atoms with van der Waals surface area (Å²) in [6, 6.07) is 0. The molecule has 0 radical (unpaired) electrons. The van der Waals surface area contributed by atoms with Crippen molar-refractivity contribution >= 4 is 42.9 Å². The van der Waals surface area contributed by atoms with Gasteiger partial charge < -0.3 is 0 Å². The van der Waals surface area contributed by atoms with Crippen molar-refractivity contribution in [2.45, 2.75) is 19.1 Å². The zero-order valence-corrected chi connectivity index (χ0v) is 11.0. The van der Waals surface area contributed by atoms with Gasteiger partial charge >= 0.3 is 67.9 Å². The van der Waals surface area contributed by atoms with E-state index in [1.165, 1.54) is 5.25 Å². The molecule has 0 bridgehead atoms. The van der Waals surface area contributed by atoms with Gasteiger partial charge in [-0.3, -0.25) is 0 Å². The van der Waals surface area contributed by atoms with Crippen molar-refractivity contribution in [3.63, 3.8) is 0 Å². The summed E-state index contributed by atoms with van der Waals surface area (Å²) in [4.78, 5) is 0. The summed E-state index contributed by atoms with van der Waals surface area (Å²) in [7, 11) is 0. The van der Waals surface area contributed by atoms with Crippen LogP contribution in [0.1, 0.15) is 13.8 Å². The molecule has 0 saturated heterocycles. The summed E-state index contributed by atoms with van der Waals surface area (Å²) < 4.78 is 0. The van der Waals surface area contributed by atoms with E-state index in [2.05, 4.69) is 13.8 Å². The number of rotatable bonds is 3. The first-order chi connectivity index (χ1) is 3.63. The van der Waals surface area contributed by atoms with Crippen molar-refractivity contribution in [2.75, 3.05) is 0 Å². The zero-order chi connectivity index (χ0) is 6.57. The van der Waals surface area contributed by atoms with Crippen LogP contribution in [0.4, 0.5) is 0 Å². The van der Waals surface area contributed by atoms with Crippen LogP contribution in [0.25, 0.3) is 0 Å². The molecular weight excluding hydrogens is 220 g/mol. The van der Waals surface area contributed by atoms with E-state index in [-0.39, 0.29) is 0 Å². The van der Waals surface area contributed by atoms with Gasteiger partial charge in [-0.25, -0.2) is 0 Å². The summed E-state index contributed by atoms with van der Waals surface area (Å²) >= 11 is 11.0. The van der Waals surface area contributed by atoms with Crippen LogP contribution in [0.3, 0.4) is 0 Å². The molecule has 0 unspecified atom stereocenters. The van der Waals surface area contributed by atoms with E-state index in [1.54, 1.807) is 0 Å². The first kappa shape index (κ1) is 9.34. The molecule has 0 aromatic rings. The molecule has 0 amide bonds. The molecule has 0 nitrogen and oxygen atoms in total. The summed E-state index contributed by atoms with van der Waals surface area (Å²) in [6.45, 7) is 4.46. The Bertz CT molecular complexity index is 50.0. The molecule has 0 heterocycles. The van der Waals surface area contributed by atoms with Crippen molar-refractivity contribution in [3.05, 3.63) is 0 Å². The van der Waals surface area contributed by atoms with Crippen molar-refractivity contribution in [2.24, 2.45) is 5.92 Å². The van der Waals surface area contributed by atoms with Crippen LogP contribution in [0.15, 0.2) is 0 Å². The van der Waals surface area contributed by atoms with Gasteiger partial charge in [0.1, 0.15) is 0 Å². The fraction of sp³-hybridized carbons (Fsp3) is 1.00. The average Bonchev–Trinajstić information content (AvgIpc) is 1.61. The second-order valence-electron chi connectivity index (χ2n) is 2.36. The molecule has 0 atom stereocenters. The Kier molecular flexibility index (Phi) is 6.01. The zero-order valence-electron chi connectivity index (χ0n) is 5.32. The van der Waals surface area contributed by atoms with E-state index < -0.39 is 20.7 Å². The molecule has 4 heteroatoms. The van der Waals surface area contributed by atoms with Gasteiger partial charge in [-0.1, -0.05) is 0 Å². The minimum atomic E-state index is -1.09. The molecule has 50 valence electrons. The van der Waals surface area contributed by atoms with E-state index in [0.29, 0.717) is 0 Å². The van der Waals surface area contributed by atoms with Crippen LogP contribution in [-0.2, 0) is 0 Å². The van der Waals surface area contributed by atoms with E-state index in [9.17, 15) is 0 Å². The van der Waals surface area contributed by atoms with Crippen molar-refractivity contribution in [1.82, 2.24) is 0 Å². The third kappa shape index (κ3) is 7.34. The summed E-state index contributed by atoms with van der Waals surface area (Å²) in [6.07, 6.45) is 0. The van der Waals surface area contributed by atoms with Crippen LogP contribution in [0, 0.1) is 5.92 Å². The Balaban J connectivity index is 2.93. The third-order valence-corrected chi connectivity index (χ3v) is 15.8. The average molecular weight is 232 g/mol. The van der Waals surface area contributed by atoms with Crippen LogP contribution in [-0.4, -0.2) is 20.7 Å². The molecule has 0 aromatic heterocycles. The van der Waals surface area contributed by atoms with Crippen molar-refractivity contribution in [1.29, 1.82) is 0 Å². The van der Waals surface area contributed by atoms with Gasteiger partial charge in [0, 0.05) is 0 Å². The minimum absolute atomic E-state index is 0.412. The molecular formula is C4H12Cl2GeSi. The number of hydrogen-bond donors (Lipinski definition) is 0. The molecule has 0 aliphatic carbocycles. The van der Waals surface area contributed by atoms with Crippen LogP contribution in [0.5, 0.6) is 0 Å². The predicted molar refractivity (Wildman–Crippen MR) is 47.0 cm³/mol. The molecule has 0 N–H and O–H groups in total. The van der Waals surface area contributed by atoms with Gasteiger partial charge in [0.05, 0.1) is 0 Å². The second kappa shape index (κ2) is 5.15. The van der Waals surface area contributed by atoms with E-state index in [1.807, 2.05) is 0 Å². The van der Waals surface area contributed by atoms with Crippen molar-refractivity contribution in [3.8, 4) is 0 Å². The Morgan fingerprint density at radius 2 is 2.00 bits per heavy atom. The molecule has 0 saturated carbocycles. The molecule has 8 heavy (non-hydrogen) atoms. The summed E-state index contributed by atoms with van der Waals surface area (Å²) in [5, 5.41) is 1.37. The van der Waals surface area contributed by atoms with E-state index >= 15 is 0 Å². The molecule has 0 aliphatic rings. The second-order valence-corrected chi connectivity index (χ2v) is 24.1. The standard InChI is InChI=1S/C4H12Cl2GeSi/c1-4(2)3-7-8(5)6/h4,8H,3,7H2,1-2H3. The van der Waals surface area contributed by atoms with Gasteiger partial charge in [-0.2, -0.15) is 0 Å². The Labute approximate surface area is 67.8 Å². The molecule has 0 spiro atoms. The number of halogens is 2. The Morgan fingerprint density at radius 3 is 2.12 bits per heavy atom. The maximum atomic E-state index is 5.71. The molecule has 0 rings (SSSR count). The number of hydrogen-bond acceptors (Lipinski definition) is 0. The van der Waals surface area contributed by atoms with Crippen LogP contribution in [0.2, 0.25) is 5.25 Å². The van der Waals surface area contributed by atoms with Gasteiger partial charge in [0.25, 0.3) is 0 Å². The van der Waals surface area contributed by atoms with Gasteiger partial charge in [-0.15, -0.1) is 0 Å². The molecule has 0 aromatic carbocycles. The first-order valence-electron chi connectivity index (χ1n) is 2.91. The van der Waals surface area contributed by atoms with Gasteiger partial charge in [0.15, 0.2) is 0 Å². The first-order valence-corrected chi connectivity index (χ1v) is 14.5. The van der Waals surface area contributed by atoms with E-state index in [4.69, 9.17) is 22.2 Å². The van der Waals surface area contributed by atoms with Gasteiger partial charge in [0.2, 0.25) is 0 Å². The van der Waals surface area contributed by atoms with E-state index in [0.717, 1.165) is 5.92 Å². The predicted octanol–water partition coefficient (Wildman–Crippen LogP) is 1.42. The fourth-order valence-corrected chi connectivity index (χ4v) is 11.1. The summed E-state index contributed by atoms with van der Waals surface area (Å²) in [5.74, 6) is -0.259. The SMILES string of the molecule is CC(C)[CH2][GeH2][SiH](Cl)Cl.